The van der Waals surface area contributed by atoms with Crippen molar-refractivity contribution in [3.63, 3.8) is 0 Å². The Hall–Kier alpha value is -3.74. The first-order valence-electron chi connectivity index (χ1n) is 25.8. The van der Waals surface area contributed by atoms with Crippen LogP contribution in [0.3, 0.4) is 0 Å². The fourth-order valence-corrected chi connectivity index (χ4v) is 7.06. The smallest absolute Gasteiger partial charge is 0.306 e. The number of rotatable bonds is 44. The number of aliphatic hydroxyl groups is 2. The maximum Gasteiger partial charge on any atom is 0.306 e. The number of esters is 1. The van der Waals surface area contributed by atoms with Crippen LogP contribution in [0.25, 0.3) is 0 Å². The van der Waals surface area contributed by atoms with E-state index in [9.17, 15) is 19.8 Å². The van der Waals surface area contributed by atoms with Crippen molar-refractivity contribution in [1.29, 1.82) is 0 Å². The van der Waals surface area contributed by atoms with Gasteiger partial charge in [-0.2, -0.15) is 0 Å². The van der Waals surface area contributed by atoms with Gasteiger partial charge < -0.3 is 20.3 Å². The number of hydrogen-bond donors (Lipinski definition) is 3. The molecule has 0 saturated carbocycles. The molecule has 1 amide bonds. The van der Waals surface area contributed by atoms with Crippen LogP contribution in [0.4, 0.5) is 0 Å². The topological polar surface area (TPSA) is 95.9 Å². The number of unbranched alkanes of at least 4 members (excludes halogenated alkanes) is 15. The van der Waals surface area contributed by atoms with Gasteiger partial charge in [0.25, 0.3) is 0 Å². The van der Waals surface area contributed by atoms with Gasteiger partial charge in [0.2, 0.25) is 5.91 Å². The largest absolute Gasteiger partial charge is 0.462 e. The van der Waals surface area contributed by atoms with Crippen LogP contribution in [0.5, 0.6) is 0 Å². The summed E-state index contributed by atoms with van der Waals surface area (Å²) >= 11 is 0. The highest BCUT2D eigenvalue weighted by atomic mass is 16.5. The van der Waals surface area contributed by atoms with Crippen LogP contribution in [0, 0.1) is 0 Å². The quantitative estimate of drug-likeness (QED) is 0.0245. The Labute approximate surface area is 393 Å². The van der Waals surface area contributed by atoms with Crippen LogP contribution in [-0.2, 0) is 14.3 Å². The van der Waals surface area contributed by atoms with E-state index in [1.807, 2.05) is 42.5 Å². The van der Waals surface area contributed by atoms with Gasteiger partial charge in [0.05, 0.1) is 25.2 Å². The van der Waals surface area contributed by atoms with Crippen LogP contribution >= 0.6 is 0 Å². The molecule has 3 unspecified atom stereocenters. The third-order valence-electron chi connectivity index (χ3n) is 10.9. The zero-order valence-corrected chi connectivity index (χ0v) is 41.1. The van der Waals surface area contributed by atoms with E-state index in [0.717, 1.165) is 77.0 Å². The molecule has 3 N–H and O–H groups in total. The summed E-state index contributed by atoms with van der Waals surface area (Å²) in [4.78, 5) is 26.1. The average Bonchev–Trinajstić information content (AvgIpc) is 3.29. The fraction of sp³-hybridized carbons (Fsp3) is 0.621. The summed E-state index contributed by atoms with van der Waals surface area (Å²) in [5, 5.41) is 23.7. The molecular weight excluding hydrogens is 791 g/mol. The summed E-state index contributed by atoms with van der Waals surface area (Å²) in [6.07, 6.45) is 69.9. The second-order valence-electron chi connectivity index (χ2n) is 16.9. The van der Waals surface area contributed by atoms with Gasteiger partial charge in [-0.25, -0.2) is 0 Å². The molecule has 0 aliphatic heterocycles. The lowest BCUT2D eigenvalue weighted by atomic mass is 10.0. The summed E-state index contributed by atoms with van der Waals surface area (Å²) in [6, 6.07) is -0.746. The zero-order chi connectivity index (χ0) is 46.7. The Morgan fingerprint density at radius 3 is 1.41 bits per heavy atom. The van der Waals surface area contributed by atoms with Crippen LogP contribution in [0.15, 0.2) is 122 Å². The summed E-state index contributed by atoms with van der Waals surface area (Å²) in [7, 11) is 0. The number of allylic oxidation sites excluding steroid dienone is 20. The van der Waals surface area contributed by atoms with Gasteiger partial charge in [-0.1, -0.05) is 239 Å². The molecule has 0 aliphatic carbocycles. The number of amides is 1. The predicted octanol–water partition coefficient (Wildman–Crippen LogP) is 15.7. The highest BCUT2D eigenvalue weighted by Gasteiger charge is 2.23. The summed E-state index contributed by atoms with van der Waals surface area (Å²) in [5.41, 5.74) is 0. The molecule has 3 atom stereocenters. The van der Waals surface area contributed by atoms with Crippen molar-refractivity contribution in [3.8, 4) is 0 Å². The third kappa shape index (κ3) is 44.9. The number of carbonyl (C=O) groups excluding carboxylic acids is 2. The molecule has 0 aromatic carbocycles. The number of ether oxygens (including phenoxy) is 1. The molecule has 0 rings (SSSR count). The second kappa shape index (κ2) is 50.3. The molecule has 362 valence electrons. The minimum absolute atomic E-state index is 0.00643. The maximum absolute atomic E-state index is 13.2. The van der Waals surface area contributed by atoms with Gasteiger partial charge in [-0.05, 0) is 77.0 Å². The lowest BCUT2D eigenvalue weighted by Crippen LogP contribution is -2.46. The van der Waals surface area contributed by atoms with Crippen LogP contribution in [0.1, 0.15) is 207 Å². The molecule has 0 aromatic rings. The van der Waals surface area contributed by atoms with Crippen molar-refractivity contribution >= 4 is 11.9 Å². The van der Waals surface area contributed by atoms with E-state index < -0.39 is 18.2 Å². The van der Waals surface area contributed by atoms with Crippen molar-refractivity contribution in [2.45, 2.75) is 225 Å². The lowest BCUT2D eigenvalue weighted by molar-refractivity contribution is -0.150. The molecule has 0 spiro atoms. The van der Waals surface area contributed by atoms with Gasteiger partial charge in [-0.15, -0.1) is 0 Å². The van der Waals surface area contributed by atoms with Crippen molar-refractivity contribution in [3.05, 3.63) is 122 Å². The first-order valence-corrected chi connectivity index (χ1v) is 25.8. The maximum atomic E-state index is 13.2. The highest BCUT2D eigenvalue weighted by Crippen LogP contribution is 2.16. The Morgan fingerprint density at radius 1 is 0.484 bits per heavy atom. The van der Waals surface area contributed by atoms with E-state index >= 15 is 0 Å². The minimum atomic E-state index is -0.825. The third-order valence-corrected chi connectivity index (χ3v) is 10.9. The fourth-order valence-electron chi connectivity index (χ4n) is 7.06. The van der Waals surface area contributed by atoms with Crippen molar-refractivity contribution in [2.75, 3.05) is 6.61 Å². The molecular formula is C58H95NO5. The van der Waals surface area contributed by atoms with Crippen LogP contribution in [0.2, 0.25) is 0 Å². The standard InChI is InChI=1S/C58H95NO5/c1-4-7-10-13-16-19-22-24-26-27-28-29-31-33-36-39-42-45-48-51-58(63)64-54(49-46-43-40-37-34-21-18-15-12-9-6-3)52-57(62)59-55(53-60)56(61)50-47-44-41-38-35-32-30-25-23-20-17-14-11-8-5-2/h7,9-10,12,15-16,18-19,21,24,26,28-29,33-34,36-37,40,42,45,54-56,60-61H,4-6,8,11,13-14,17,20,22-23,25,27,30-32,35,38-39,41,43-44,46-53H2,1-3H3,(H,59,62)/b10-7-,12-9+,18-15+,19-16-,26-24-,29-28-,34-21-,36-33-,40-37-,45-42-. The molecule has 0 aliphatic rings. The summed E-state index contributed by atoms with van der Waals surface area (Å²) < 4.78 is 5.84. The van der Waals surface area contributed by atoms with Gasteiger partial charge in [-0.3, -0.25) is 9.59 Å². The number of nitrogens with one attached hydrogen (secondary N) is 1. The van der Waals surface area contributed by atoms with E-state index in [0.29, 0.717) is 19.3 Å². The minimum Gasteiger partial charge on any atom is -0.462 e. The second-order valence-corrected chi connectivity index (χ2v) is 16.9. The van der Waals surface area contributed by atoms with Gasteiger partial charge in [0, 0.05) is 6.42 Å². The number of hydrogen-bond acceptors (Lipinski definition) is 5. The lowest BCUT2D eigenvalue weighted by Gasteiger charge is -2.24. The number of aliphatic hydroxyl groups excluding tert-OH is 2. The predicted molar refractivity (Wildman–Crippen MR) is 277 cm³/mol. The van der Waals surface area contributed by atoms with E-state index in [1.54, 1.807) is 0 Å². The normalized spacial score (nSPS) is 14.3. The zero-order valence-electron chi connectivity index (χ0n) is 41.1. The Morgan fingerprint density at radius 2 is 0.922 bits per heavy atom. The summed E-state index contributed by atoms with van der Waals surface area (Å²) in [5.74, 6) is -0.654. The molecule has 0 heterocycles. The van der Waals surface area contributed by atoms with Crippen molar-refractivity contribution in [1.82, 2.24) is 5.32 Å². The average molecular weight is 886 g/mol. The Kier molecular flexibility index (Phi) is 47.3. The molecule has 0 aromatic heterocycles. The van der Waals surface area contributed by atoms with Gasteiger partial charge in [0.1, 0.15) is 6.10 Å². The SMILES string of the molecule is CC/C=C\C/C=C\C/C=C\C/C=C\C/C=C\C/C=C\CCC(=O)OC(CCC\C=C/C=C\C=C\C=C\CC)CC(=O)NC(CO)C(O)CCCCCCCCCCCCCCCCC. The Balaban J connectivity index is 4.71. The first kappa shape index (κ1) is 60.3. The monoisotopic (exact) mass is 886 g/mol. The van der Waals surface area contributed by atoms with Crippen molar-refractivity contribution < 1.29 is 24.5 Å². The van der Waals surface area contributed by atoms with Crippen LogP contribution in [-0.4, -0.2) is 46.9 Å². The van der Waals surface area contributed by atoms with E-state index in [1.165, 1.54) is 77.0 Å². The van der Waals surface area contributed by atoms with Gasteiger partial charge in [0.15, 0.2) is 0 Å². The molecule has 0 radical (unpaired) electrons. The van der Waals surface area contributed by atoms with E-state index in [-0.39, 0.29) is 31.3 Å². The molecule has 6 nitrogen and oxygen atoms in total. The van der Waals surface area contributed by atoms with Gasteiger partial charge >= 0.3 is 5.97 Å². The number of carbonyl (C=O) groups is 2. The van der Waals surface area contributed by atoms with Crippen LogP contribution < -0.4 is 5.32 Å². The molecule has 64 heavy (non-hydrogen) atoms. The van der Waals surface area contributed by atoms with E-state index in [4.69, 9.17) is 4.74 Å². The Bertz CT molecular complexity index is 1360. The van der Waals surface area contributed by atoms with E-state index in [2.05, 4.69) is 105 Å². The highest BCUT2D eigenvalue weighted by molar-refractivity contribution is 5.77. The molecule has 0 bridgehead atoms. The molecule has 0 saturated heterocycles. The van der Waals surface area contributed by atoms with Crippen molar-refractivity contribution in [2.24, 2.45) is 0 Å². The molecule has 6 heteroatoms. The first-order chi connectivity index (χ1) is 31.5. The summed E-state index contributed by atoms with van der Waals surface area (Å²) in [6.45, 7) is 6.18. The molecule has 0 fully saturated rings.